The predicted molar refractivity (Wildman–Crippen MR) is 75.2 cm³/mol. The largest absolute Gasteiger partial charge is 0.497 e. The SMILES string of the molecule is COCC1CCCC(=O)C1=Cc1cccc(OC)c1. The van der Waals surface area contributed by atoms with Gasteiger partial charge in [-0.25, -0.2) is 0 Å². The second-order valence-electron chi connectivity index (χ2n) is 4.84. The Morgan fingerprint density at radius 3 is 2.95 bits per heavy atom. The van der Waals surface area contributed by atoms with E-state index in [9.17, 15) is 4.79 Å². The topological polar surface area (TPSA) is 35.5 Å². The third kappa shape index (κ3) is 3.44. The van der Waals surface area contributed by atoms with Gasteiger partial charge in [-0.1, -0.05) is 12.1 Å². The van der Waals surface area contributed by atoms with Gasteiger partial charge in [0.1, 0.15) is 5.75 Å². The Morgan fingerprint density at radius 1 is 1.37 bits per heavy atom. The van der Waals surface area contributed by atoms with Crippen LogP contribution < -0.4 is 4.74 Å². The van der Waals surface area contributed by atoms with Gasteiger partial charge in [-0.05, 0) is 36.6 Å². The van der Waals surface area contributed by atoms with Crippen molar-refractivity contribution in [2.75, 3.05) is 20.8 Å². The third-order valence-electron chi connectivity index (χ3n) is 3.50. The van der Waals surface area contributed by atoms with E-state index in [0.29, 0.717) is 13.0 Å². The molecule has 1 aromatic carbocycles. The Morgan fingerprint density at radius 2 is 2.21 bits per heavy atom. The number of ketones is 1. The first kappa shape index (κ1) is 13.8. The number of carbonyl (C=O) groups is 1. The molecule has 2 rings (SSSR count). The second kappa shape index (κ2) is 6.53. The summed E-state index contributed by atoms with van der Waals surface area (Å²) in [5.74, 6) is 1.27. The summed E-state index contributed by atoms with van der Waals surface area (Å²) >= 11 is 0. The van der Waals surface area contributed by atoms with Crippen molar-refractivity contribution in [3.8, 4) is 5.75 Å². The number of Topliss-reactive ketones (excluding diaryl/α,β-unsaturated/α-hetero) is 1. The molecule has 0 aromatic heterocycles. The van der Waals surface area contributed by atoms with Crippen molar-refractivity contribution in [3.05, 3.63) is 35.4 Å². The molecular weight excluding hydrogens is 240 g/mol. The lowest BCUT2D eigenvalue weighted by Crippen LogP contribution is -2.22. The number of hydrogen-bond donors (Lipinski definition) is 0. The van der Waals surface area contributed by atoms with E-state index in [4.69, 9.17) is 9.47 Å². The summed E-state index contributed by atoms with van der Waals surface area (Å²) in [6, 6.07) is 7.77. The summed E-state index contributed by atoms with van der Waals surface area (Å²) in [7, 11) is 3.33. The summed E-state index contributed by atoms with van der Waals surface area (Å²) in [5.41, 5.74) is 1.90. The van der Waals surface area contributed by atoms with Crippen LogP contribution in [0.1, 0.15) is 24.8 Å². The molecule has 0 heterocycles. The van der Waals surface area contributed by atoms with E-state index in [-0.39, 0.29) is 11.7 Å². The van der Waals surface area contributed by atoms with Gasteiger partial charge in [0.25, 0.3) is 0 Å². The van der Waals surface area contributed by atoms with Gasteiger partial charge >= 0.3 is 0 Å². The summed E-state index contributed by atoms with van der Waals surface area (Å²) in [5, 5.41) is 0. The van der Waals surface area contributed by atoms with Crippen molar-refractivity contribution in [3.63, 3.8) is 0 Å². The van der Waals surface area contributed by atoms with Crippen molar-refractivity contribution < 1.29 is 14.3 Å². The Kier molecular flexibility index (Phi) is 4.74. The van der Waals surface area contributed by atoms with E-state index < -0.39 is 0 Å². The monoisotopic (exact) mass is 260 g/mol. The van der Waals surface area contributed by atoms with Crippen molar-refractivity contribution in [2.45, 2.75) is 19.3 Å². The van der Waals surface area contributed by atoms with Crippen LogP contribution in [0.5, 0.6) is 5.75 Å². The maximum absolute atomic E-state index is 12.1. The average molecular weight is 260 g/mol. The van der Waals surface area contributed by atoms with Gasteiger partial charge in [0.2, 0.25) is 0 Å². The van der Waals surface area contributed by atoms with Crippen LogP contribution in [0.25, 0.3) is 6.08 Å². The first-order chi connectivity index (χ1) is 9.24. The zero-order valence-electron chi connectivity index (χ0n) is 11.5. The van der Waals surface area contributed by atoms with E-state index in [1.54, 1.807) is 14.2 Å². The quantitative estimate of drug-likeness (QED) is 0.780. The number of rotatable bonds is 4. The van der Waals surface area contributed by atoms with E-state index in [1.165, 1.54) is 0 Å². The molecule has 1 aliphatic rings. The summed E-state index contributed by atoms with van der Waals surface area (Å²) in [4.78, 5) is 12.1. The lowest BCUT2D eigenvalue weighted by Gasteiger charge is -2.23. The highest BCUT2D eigenvalue weighted by Crippen LogP contribution is 2.29. The number of benzene rings is 1. The highest BCUT2D eigenvalue weighted by molar-refractivity contribution is 6.00. The molecule has 0 bridgehead atoms. The molecule has 0 spiro atoms. The fraction of sp³-hybridized carbons (Fsp3) is 0.438. The van der Waals surface area contributed by atoms with Crippen molar-refractivity contribution in [1.29, 1.82) is 0 Å². The molecule has 0 aliphatic heterocycles. The zero-order chi connectivity index (χ0) is 13.7. The highest BCUT2D eigenvalue weighted by atomic mass is 16.5. The van der Waals surface area contributed by atoms with Crippen LogP contribution in [0.4, 0.5) is 0 Å². The standard InChI is InChI=1S/C16H20O3/c1-18-11-13-6-4-8-16(17)15(13)10-12-5-3-7-14(9-12)19-2/h3,5,7,9-10,13H,4,6,8,11H2,1-2H3. The van der Waals surface area contributed by atoms with Crippen LogP contribution in [0.2, 0.25) is 0 Å². The molecule has 3 heteroatoms. The Balaban J connectivity index is 2.28. The molecule has 0 radical (unpaired) electrons. The summed E-state index contributed by atoms with van der Waals surface area (Å²) < 4.78 is 10.4. The van der Waals surface area contributed by atoms with Gasteiger partial charge in [0.15, 0.2) is 5.78 Å². The van der Waals surface area contributed by atoms with Crippen molar-refractivity contribution in [1.82, 2.24) is 0 Å². The maximum Gasteiger partial charge on any atom is 0.159 e. The minimum Gasteiger partial charge on any atom is -0.497 e. The number of methoxy groups -OCH3 is 2. The first-order valence-electron chi connectivity index (χ1n) is 6.62. The van der Waals surface area contributed by atoms with Crippen LogP contribution >= 0.6 is 0 Å². The molecule has 1 aromatic rings. The number of ether oxygens (including phenoxy) is 2. The Bertz CT molecular complexity index is 475. The Hall–Kier alpha value is -1.61. The molecule has 0 N–H and O–H groups in total. The molecule has 0 amide bonds. The first-order valence-corrected chi connectivity index (χ1v) is 6.62. The second-order valence-corrected chi connectivity index (χ2v) is 4.84. The third-order valence-corrected chi connectivity index (χ3v) is 3.50. The van der Waals surface area contributed by atoms with Crippen LogP contribution in [0.3, 0.4) is 0 Å². The van der Waals surface area contributed by atoms with Gasteiger partial charge in [0.05, 0.1) is 13.7 Å². The fourth-order valence-corrected chi connectivity index (χ4v) is 2.52. The van der Waals surface area contributed by atoms with Crippen LogP contribution in [0.15, 0.2) is 29.8 Å². The van der Waals surface area contributed by atoms with Crippen LogP contribution in [0, 0.1) is 5.92 Å². The van der Waals surface area contributed by atoms with E-state index in [2.05, 4.69) is 0 Å². The minimum atomic E-state index is 0.220. The average Bonchev–Trinajstić information content (AvgIpc) is 2.43. The van der Waals surface area contributed by atoms with E-state index >= 15 is 0 Å². The number of hydrogen-bond acceptors (Lipinski definition) is 3. The molecule has 1 unspecified atom stereocenters. The Labute approximate surface area is 114 Å². The van der Waals surface area contributed by atoms with Gasteiger partial charge in [-0.15, -0.1) is 0 Å². The van der Waals surface area contributed by atoms with Gasteiger partial charge in [0, 0.05) is 25.0 Å². The fourth-order valence-electron chi connectivity index (χ4n) is 2.52. The predicted octanol–water partition coefficient (Wildman–Crippen LogP) is 3.09. The smallest absolute Gasteiger partial charge is 0.159 e. The van der Waals surface area contributed by atoms with Crippen LogP contribution in [-0.4, -0.2) is 26.6 Å². The van der Waals surface area contributed by atoms with E-state index in [1.807, 2.05) is 30.3 Å². The van der Waals surface area contributed by atoms with Gasteiger partial charge < -0.3 is 9.47 Å². The molecule has 1 aliphatic carbocycles. The molecule has 1 saturated carbocycles. The van der Waals surface area contributed by atoms with Gasteiger partial charge in [-0.2, -0.15) is 0 Å². The maximum atomic E-state index is 12.1. The van der Waals surface area contributed by atoms with E-state index in [0.717, 1.165) is 29.7 Å². The number of carbonyl (C=O) groups excluding carboxylic acids is 1. The van der Waals surface area contributed by atoms with Crippen molar-refractivity contribution in [2.24, 2.45) is 5.92 Å². The lowest BCUT2D eigenvalue weighted by atomic mass is 9.83. The molecular formula is C16H20O3. The molecule has 19 heavy (non-hydrogen) atoms. The summed E-state index contributed by atoms with van der Waals surface area (Å²) in [6.07, 6.45) is 4.61. The van der Waals surface area contributed by atoms with Crippen molar-refractivity contribution >= 4 is 11.9 Å². The molecule has 3 nitrogen and oxygen atoms in total. The molecule has 102 valence electrons. The normalized spacial score (nSPS) is 21.7. The lowest BCUT2D eigenvalue weighted by molar-refractivity contribution is -0.117. The molecule has 0 saturated heterocycles. The van der Waals surface area contributed by atoms with Gasteiger partial charge in [-0.3, -0.25) is 4.79 Å². The highest BCUT2D eigenvalue weighted by Gasteiger charge is 2.25. The van der Waals surface area contributed by atoms with Crippen LogP contribution in [-0.2, 0) is 9.53 Å². The molecule has 1 fully saturated rings. The minimum absolute atomic E-state index is 0.220. The summed E-state index contributed by atoms with van der Waals surface area (Å²) in [6.45, 7) is 0.613. The zero-order valence-corrected chi connectivity index (χ0v) is 11.5. The molecule has 1 atom stereocenters.